The van der Waals surface area contributed by atoms with Crippen LogP contribution in [0.1, 0.15) is 60.6 Å². The van der Waals surface area contributed by atoms with E-state index in [0.29, 0.717) is 17.4 Å². The van der Waals surface area contributed by atoms with Gasteiger partial charge in [0.05, 0.1) is 10.9 Å². The van der Waals surface area contributed by atoms with Gasteiger partial charge in [-0.05, 0) is 44.4 Å². The maximum Gasteiger partial charge on any atom is 0.251 e. The summed E-state index contributed by atoms with van der Waals surface area (Å²) < 4.78 is 2.09. The second-order valence-electron chi connectivity index (χ2n) is 7.24. The Morgan fingerprint density at radius 3 is 2.93 bits per heavy atom. The summed E-state index contributed by atoms with van der Waals surface area (Å²) in [5.41, 5.74) is 9.11. The van der Waals surface area contributed by atoms with Gasteiger partial charge in [0.25, 0.3) is 5.91 Å². The molecule has 0 bridgehead atoms. The third kappa shape index (κ3) is 3.56. The highest BCUT2D eigenvalue weighted by molar-refractivity contribution is 5.95. The molecule has 1 aromatic carbocycles. The number of rotatable bonds is 4. The van der Waals surface area contributed by atoms with E-state index in [2.05, 4.69) is 45.5 Å². The second-order valence-corrected chi connectivity index (χ2v) is 7.24. The number of nitrogen functional groups attached to an aromatic ring is 1. The molecule has 2 aromatic heterocycles. The molecule has 3 N–H and O–H groups in total. The fraction of sp³-hybridized carbons (Fsp3) is 0.318. The highest BCUT2D eigenvalue weighted by Gasteiger charge is 2.23. The molecule has 1 amide bonds. The summed E-state index contributed by atoms with van der Waals surface area (Å²) in [6, 6.07) is 7.99. The zero-order valence-corrected chi connectivity index (χ0v) is 16.1. The van der Waals surface area contributed by atoms with Crippen LogP contribution in [-0.2, 0) is 0 Å². The lowest BCUT2D eigenvalue weighted by Crippen LogP contribution is -2.25. The van der Waals surface area contributed by atoms with E-state index in [-0.39, 0.29) is 11.9 Å². The molecule has 1 atom stereocenters. The number of anilines is 1. The SMILES string of the molecule is CCC(C)n1cc(C#Cc2cccc(C(=O)NC3CC3)c2)c2c(N)ncnc21. The van der Waals surface area contributed by atoms with Crippen LogP contribution in [0.5, 0.6) is 0 Å². The number of amides is 1. The number of nitrogens with two attached hydrogens (primary N) is 1. The fourth-order valence-corrected chi connectivity index (χ4v) is 3.11. The summed E-state index contributed by atoms with van der Waals surface area (Å²) >= 11 is 0. The Bertz CT molecular complexity index is 1100. The number of carbonyl (C=O) groups is 1. The van der Waals surface area contributed by atoms with Gasteiger partial charge in [-0.15, -0.1) is 0 Å². The Morgan fingerprint density at radius 2 is 2.18 bits per heavy atom. The highest BCUT2D eigenvalue weighted by atomic mass is 16.1. The fourth-order valence-electron chi connectivity index (χ4n) is 3.11. The molecule has 3 aromatic rings. The first-order valence-electron chi connectivity index (χ1n) is 9.60. The third-order valence-corrected chi connectivity index (χ3v) is 5.08. The highest BCUT2D eigenvalue weighted by Crippen LogP contribution is 2.27. The predicted molar refractivity (Wildman–Crippen MR) is 110 cm³/mol. The summed E-state index contributed by atoms with van der Waals surface area (Å²) in [6.07, 6.45) is 6.57. The molecule has 0 aliphatic heterocycles. The smallest absolute Gasteiger partial charge is 0.251 e. The Kier molecular flexibility index (Phi) is 4.74. The van der Waals surface area contributed by atoms with E-state index in [1.54, 1.807) is 0 Å². The summed E-state index contributed by atoms with van der Waals surface area (Å²) in [5, 5.41) is 3.78. The minimum Gasteiger partial charge on any atom is -0.383 e. The first kappa shape index (κ1) is 18.1. The van der Waals surface area contributed by atoms with Crippen molar-refractivity contribution in [3.8, 4) is 11.8 Å². The third-order valence-electron chi connectivity index (χ3n) is 5.08. The number of nitrogens with one attached hydrogen (secondary N) is 1. The van der Waals surface area contributed by atoms with Gasteiger partial charge < -0.3 is 15.6 Å². The van der Waals surface area contributed by atoms with Crippen molar-refractivity contribution in [2.75, 3.05) is 5.73 Å². The van der Waals surface area contributed by atoms with Gasteiger partial charge in [0.15, 0.2) is 0 Å². The molecule has 142 valence electrons. The van der Waals surface area contributed by atoms with Gasteiger partial charge >= 0.3 is 0 Å². The average molecular weight is 373 g/mol. The van der Waals surface area contributed by atoms with E-state index in [1.165, 1.54) is 6.33 Å². The van der Waals surface area contributed by atoms with Crippen LogP contribution in [0.25, 0.3) is 11.0 Å². The molecule has 28 heavy (non-hydrogen) atoms. The standard InChI is InChI=1S/C22H23N5O/c1-3-14(2)27-12-17(19-20(23)24-13-25-21(19)27)8-7-15-5-4-6-16(11-15)22(28)26-18-9-10-18/h4-6,11-14,18H,3,9-10H2,1-2H3,(H,26,28)(H2,23,24,25). The summed E-state index contributed by atoms with van der Waals surface area (Å²) in [7, 11) is 0. The Morgan fingerprint density at radius 1 is 1.36 bits per heavy atom. The number of aromatic nitrogens is 3. The van der Waals surface area contributed by atoms with E-state index < -0.39 is 0 Å². The molecule has 0 spiro atoms. The van der Waals surface area contributed by atoms with Crippen LogP contribution >= 0.6 is 0 Å². The number of benzene rings is 1. The zero-order chi connectivity index (χ0) is 19.7. The van der Waals surface area contributed by atoms with Crippen LogP contribution in [0.4, 0.5) is 5.82 Å². The molecule has 0 saturated heterocycles. The second kappa shape index (κ2) is 7.35. The largest absolute Gasteiger partial charge is 0.383 e. The molecule has 2 heterocycles. The van der Waals surface area contributed by atoms with Gasteiger partial charge in [0.1, 0.15) is 17.8 Å². The van der Waals surface area contributed by atoms with E-state index in [9.17, 15) is 4.79 Å². The number of hydrogen-bond donors (Lipinski definition) is 2. The average Bonchev–Trinajstić information content (AvgIpc) is 3.44. The number of carbonyl (C=O) groups excluding carboxylic acids is 1. The molecule has 1 aliphatic rings. The number of fused-ring (bicyclic) bond motifs is 1. The van der Waals surface area contributed by atoms with Crippen molar-refractivity contribution < 1.29 is 4.79 Å². The summed E-state index contributed by atoms with van der Waals surface area (Å²) in [6.45, 7) is 4.27. The van der Waals surface area contributed by atoms with Crippen molar-refractivity contribution in [2.24, 2.45) is 0 Å². The van der Waals surface area contributed by atoms with Crippen LogP contribution in [0.3, 0.4) is 0 Å². The molecule has 1 unspecified atom stereocenters. The molecule has 1 fully saturated rings. The Hall–Kier alpha value is -3.33. The lowest BCUT2D eigenvalue weighted by Gasteiger charge is -2.11. The van der Waals surface area contributed by atoms with E-state index >= 15 is 0 Å². The van der Waals surface area contributed by atoms with Crippen molar-refractivity contribution in [2.45, 2.75) is 45.2 Å². The Labute approximate surface area is 164 Å². The molecular formula is C22H23N5O. The number of hydrogen-bond acceptors (Lipinski definition) is 4. The lowest BCUT2D eigenvalue weighted by atomic mass is 10.1. The van der Waals surface area contributed by atoms with Crippen molar-refractivity contribution in [1.29, 1.82) is 0 Å². The maximum absolute atomic E-state index is 12.3. The molecule has 6 nitrogen and oxygen atoms in total. The lowest BCUT2D eigenvalue weighted by molar-refractivity contribution is 0.0951. The van der Waals surface area contributed by atoms with Crippen LogP contribution in [0.15, 0.2) is 36.8 Å². The monoisotopic (exact) mass is 373 g/mol. The summed E-state index contributed by atoms with van der Waals surface area (Å²) in [5.74, 6) is 6.74. The van der Waals surface area contributed by atoms with Crippen LogP contribution < -0.4 is 11.1 Å². The Balaban J connectivity index is 1.70. The van der Waals surface area contributed by atoms with Gasteiger partial charge in [-0.25, -0.2) is 9.97 Å². The van der Waals surface area contributed by atoms with E-state index in [1.807, 2.05) is 30.5 Å². The van der Waals surface area contributed by atoms with E-state index in [4.69, 9.17) is 5.73 Å². The molecule has 4 rings (SSSR count). The first-order valence-corrected chi connectivity index (χ1v) is 9.60. The van der Waals surface area contributed by atoms with Crippen molar-refractivity contribution >= 4 is 22.8 Å². The molecule has 1 saturated carbocycles. The number of nitrogens with zero attached hydrogens (tertiary/aromatic N) is 3. The van der Waals surface area contributed by atoms with Crippen molar-refractivity contribution in [3.05, 3.63) is 53.5 Å². The van der Waals surface area contributed by atoms with Gasteiger partial charge in [-0.3, -0.25) is 4.79 Å². The molecule has 6 heteroatoms. The van der Waals surface area contributed by atoms with Crippen LogP contribution in [0, 0.1) is 11.8 Å². The quantitative estimate of drug-likeness (QED) is 0.687. The minimum absolute atomic E-state index is 0.0443. The minimum atomic E-state index is -0.0443. The topological polar surface area (TPSA) is 85.8 Å². The predicted octanol–water partition coefficient (Wildman–Crippen LogP) is 3.28. The normalized spacial score (nSPS) is 14.4. The van der Waals surface area contributed by atoms with Gasteiger partial charge in [-0.2, -0.15) is 0 Å². The first-order chi connectivity index (χ1) is 13.6. The van der Waals surface area contributed by atoms with Gasteiger partial charge in [0.2, 0.25) is 0 Å². The summed E-state index contributed by atoms with van der Waals surface area (Å²) in [4.78, 5) is 20.8. The van der Waals surface area contributed by atoms with Crippen LogP contribution in [0.2, 0.25) is 0 Å². The van der Waals surface area contributed by atoms with Crippen LogP contribution in [-0.4, -0.2) is 26.5 Å². The van der Waals surface area contributed by atoms with Crippen molar-refractivity contribution in [3.63, 3.8) is 0 Å². The van der Waals surface area contributed by atoms with Crippen molar-refractivity contribution in [1.82, 2.24) is 19.9 Å². The molecule has 1 aliphatic carbocycles. The zero-order valence-electron chi connectivity index (χ0n) is 16.1. The van der Waals surface area contributed by atoms with Gasteiger partial charge in [-0.1, -0.05) is 24.8 Å². The van der Waals surface area contributed by atoms with Gasteiger partial charge in [0, 0.05) is 29.4 Å². The van der Waals surface area contributed by atoms with E-state index in [0.717, 1.165) is 41.4 Å². The molecular weight excluding hydrogens is 350 g/mol. The molecule has 0 radical (unpaired) electrons. The maximum atomic E-state index is 12.3.